The Morgan fingerprint density at radius 2 is 1.82 bits per heavy atom. The van der Waals surface area contributed by atoms with E-state index in [1.54, 1.807) is 0 Å². The van der Waals surface area contributed by atoms with E-state index < -0.39 is 38.7 Å². The molecule has 0 saturated carbocycles. The van der Waals surface area contributed by atoms with Crippen LogP contribution in [0.5, 0.6) is 0 Å². The number of benzene rings is 1. The van der Waals surface area contributed by atoms with E-state index in [0.29, 0.717) is 12.1 Å². The van der Waals surface area contributed by atoms with Gasteiger partial charge in [-0.1, -0.05) is 6.07 Å². The molecule has 1 aromatic carbocycles. The molecule has 1 unspecified atom stereocenters. The van der Waals surface area contributed by atoms with Crippen LogP contribution in [-0.2, 0) is 16.3 Å². The lowest BCUT2D eigenvalue weighted by atomic mass is 10.1. The van der Waals surface area contributed by atoms with Gasteiger partial charge in [-0.25, -0.2) is 12.8 Å². The minimum atomic E-state index is -5.24. The van der Waals surface area contributed by atoms with Crippen LogP contribution in [0.1, 0.15) is 16.6 Å². The van der Waals surface area contributed by atoms with E-state index in [2.05, 4.69) is 0 Å². The van der Waals surface area contributed by atoms with E-state index in [4.69, 9.17) is 5.11 Å². The molecule has 0 fully saturated rings. The Hall–Kier alpha value is -1.19. The van der Waals surface area contributed by atoms with Crippen molar-refractivity contribution in [3.63, 3.8) is 0 Å². The van der Waals surface area contributed by atoms with Gasteiger partial charge in [-0.15, -0.1) is 0 Å². The molecule has 0 spiro atoms. The summed E-state index contributed by atoms with van der Waals surface area (Å²) in [5, 5.41) is 8.91. The summed E-state index contributed by atoms with van der Waals surface area (Å²) in [4.78, 5) is 0. The van der Waals surface area contributed by atoms with Gasteiger partial charge < -0.3 is 9.66 Å². The van der Waals surface area contributed by atoms with Crippen LogP contribution in [-0.4, -0.2) is 18.1 Å². The van der Waals surface area contributed by atoms with Crippen molar-refractivity contribution in [2.45, 2.75) is 11.6 Å². The fourth-order valence-corrected chi connectivity index (χ4v) is 1.56. The average molecular weight is 273 g/mol. The third kappa shape index (κ3) is 3.14. The molecule has 9 heteroatoms. The third-order valence-electron chi connectivity index (χ3n) is 1.87. The Morgan fingerprint density at radius 1 is 1.29 bits per heavy atom. The molecule has 0 radical (unpaired) electrons. The summed E-state index contributed by atoms with van der Waals surface area (Å²) in [6.45, 7) is 0. The normalized spacial score (nSPS) is 14.7. The molecular weight excluding hydrogens is 268 g/mol. The molecule has 1 aromatic rings. The molecule has 0 aliphatic rings. The van der Waals surface area contributed by atoms with Gasteiger partial charge in [0.2, 0.25) is 0 Å². The lowest BCUT2D eigenvalue weighted by Crippen LogP contribution is -2.14. The van der Waals surface area contributed by atoms with Crippen LogP contribution in [0.3, 0.4) is 0 Å². The Morgan fingerprint density at radius 3 is 2.18 bits per heavy atom. The summed E-state index contributed by atoms with van der Waals surface area (Å²) in [6, 6.07) is 0.773. The number of hydrogen-bond acceptors (Lipinski definition) is 4. The number of aliphatic hydroxyl groups is 1. The van der Waals surface area contributed by atoms with Gasteiger partial charge >= 0.3 is 6.18 Å². The first-order chi connectivity index (χ1) is 7.53. The van der Waals surface area contributed by atoms with Gasteiger partial charge in [-0.2, -0.15) is 13.2 Å². The molecule has 96 valence electrons. The van der Waals surface area contributed by atoms with Crippen LogP contribution in [0.15, 0.2) is 18.2 Å². The Balaban J connectivity index is 3.24. The number of aliphatic hydroxyl groups excluding tert-OH is 1. The first-order valence-electron chi connectivity index (χ1n) is 4.03. The minimum absolute atomic E-state index is 0.00370. The van der Waals surface area contributed by atoms with Crippen LogP contribution in [0.4, 0.5) is 17.6 Å². The smallest absolute Gasteiger partial charge is 0.416 e. The van der Waals surface area contributed by atoms with Crippen LogP contribution < -0.4 is 0 Å². The molecule has 0 amide bonds. The van der Waals surface area contributed by atoms with E-state index in [1.807, 2.05) is 0 Å². The van der Waals surface area contributed by atoms with Crippen LogP contribution in [0, 0.1) is 5.82 Å². The largest absolute Gasteiger partial charge is 0.746 e. The van der Waals surface area contributed by atoms with Gasteiger partial charge in [0.25, 0.3) is 0 Å². The van der Waals surface area contributed by atoms with Gasteiger partial charge in [0, 0.05) is 5.56 Å². The van der Waals surface area contributed by atoms with E-state index >= 15 is 0 Å². The lowest BCUT2D eigenvalue weighted by Gasteiger charge is -2.16. The van der Waals surface area contributed by atoms with Crippen molar-refractivity contribution in [2.24, 2.45) is 0 Å². The van der Waals surface area contributed by atoms with Crippen molar-refractivity contribution >= 4 is 10.1 Å². The lowest BCUT2D eigenvalue weighted by molar-refractivity contribution is -0.137. The van der Waals surface area contributed by atoms with Crippen molar-refractivity contribution in [2.75, 3.05) is 0 Å². The van der Waals surface area contributed by atoms with Gasteiger partial charge in [-0.3, -0.25) is 0 Å². The quantitative estimate of drug-likeness (QED) is 0.652. The average Bonchev–Trinajstić information content (AvgIpc) is 2.13. The van der Waals surface area contributed by atoms with Crippen LogP contribution >= 0.6 is 0 Å². The van der Waals surface area contributed by atoms with Crippen molar-refractivity contribution in [1.82, 2.24) is 0 Å². The van der Waals surface area contributed by atoms with E-state index in [-0.39, 0.29) is 6.07 Å². The second-order valence-corrected chi connectivity index (χ2v) is 4.51. The molecule has 0 bridgehead atoms. The second-order valence-electron chi connectivity index (χ2n) is 3.08. The summed E-state index contributed by atoms with van der Waals surface area (Å²) in [6.07, 6.45) is -4.80. The van der Waals surface area contributed by atoms with Gasteiger partial charge in [-0.05, 0) is 12.1 Å². The highest BCUT2D eigenvalue weighted by atomic mass is 32.2. The standard InChI is InChI=1S/C8H6F4O4S/c9-6-3-4(8(10,11)12)1-2-5(6)7(13)17(14,15)16/h1-3,7,13H,(H,14,15,16)/p-1. The number of hydrogen-bond donors (Lipinski definition) is 1. The highest BCUT2D eigenvalue weighted by Crippen LogP contribution is 2.32. The summed E-state index contributed by atoms with van der Waals surface area (Å²) in [5.41, 5.74) is -5.10. The maximum absolute atomic E-state index is 13.1. The van der Waals surface area contributed by atoms with E-state index in [0.717, 1.165) is 0 Å². The zero-order chi connectivity index (χ0) is 13.4. The third-order valence-corrected chi connectivity index (χ3v) is 2.67. The number of halogens is 4. The molecule has 1 N–H and O–H groups in total. The van der Waals surface area contributed by atoms with Gasteiger partial charge in [0.1, 0.15) is 15.9 Å². The molecule has 1 rings (SSSR count). The summed E-state index contributed by atoms with van der Waals surface area (Å²) in [5.74, 6) is -1.62. The minimum Gasteiger partial charge on any atom is -0.746 e. The SMILES string of the molecule is O=S(=O)([O-])C(O)c1ccc(C(F)(F)F)cc1F. The predicted molar refractivity (Wildman–Crippen MR) is 46.1 cm³/mol. The second kappa shape index (κ2) is 4.24. The Kier molecular flexibility index (Phi) is 3.46. The molecule has 0 saturated heterocycles. The molecule has 17 heavy (non-hydrogen) atoms. The topological polar surface area (TPSA) is 77.4 Å². The van der Waals surface area contributed by atoms with Crippen molar-refractivity contribution in [3.05, 3.63) is 35.1 Å². The first-order valence-corrected chi connectivity index (χ1v) is 5.50. The number of alkyl halides is 3. The molecule has 0 heterocycles. The first kappa shape index (κ1) is 13.9. The Labute approximate surface area is 93.2 Å². The molecular formula is C8H5F4O4S-. The van der Waals surface area contributed by atoms with Crippen LogP contribution in [0.2, 0.25) is 0 Å². The molecule has 4 nitrogen and oxygen atoms in total. The molecule has 0 aliphatic carbocycles. The van der Waals surface area contributed by atoms with Crippen molar-refractivity contribution < 1.29 is 35.6 Å². The van der Waals surface area contributed by atoms with Gasteiger partial charge in [0.05, 0.1) is 5.56 Å². The maximum atomic E-state index is 13.1. The predicted octanol–water partition coefficient (Wildman–Crippen LogP) is 1.38. The summed E-state index contributed by atoms with van der Waals surface area (Å²) < 4.78 is 80.6. The fraction of sp³-hybridized carbons (Fsp3) is 0.250. The summed E-state index contributed by atoms with van der Waals surface area (Å²) in [7, 11) is -5.24. The fourth-order valence-electron chi connectivity index (χ4n) is 1.06. The zero-order valence-electron chi connectivity index (χ0n) is 7.90. The van der Waals surface area contributed by atoms with E-state index in [1.165, 1.54) is 0 Å². The Bertz CT molecular complexity index is 523. The maximum Gasteiger partial charge on any atom is 0.416 e. The summed E-state index contributed by atoms with van der Waals surface area (Å²) >= 11 is 0. The van der Waals surface area contributed by atoms with Gasteiger partial charge in [0.15, 0.2) is 5.44 Å². The highest BCUT2D eigenvalue weighted by molar-refractivity contribution is 7.85. The monoisotopic (exact) mass is 273 g/mol. The molecule has 0 aliphatic heterocycles. The number of rotatable bonds is 2. The van der Waals surface area contributed by atoms with Crippen molar-refractivity contribution in [3.8, 4) is 0 Å². The van der Waals surface area contributed by atoms with E-state index in [9.17, 15) is 30.5 Å². The van der Waals surface area contributed by atoms with Crippen molar-refractivity contribution in [1.29, 1.82) is 0 Å². The molecule has 0 aromatic heterocycles. The highest BCUT2D eigenvalue weighted by Gasteiger charge is 2.32. The van der Waals surface area contributed by atoms with Crippen LogP contribution in [0.25, 0.3) is 0 Å². The zero-order valence-corrected chi connectivity index (χ0v) is 8.72. The molecule has 1 atom stereocenters.